The molecule has 2 aromatic rings. The number of aliphatic hydroxyl groups is 1. The summed E-state index contributed by atoms with van der Waals surface area (Å²) < 4.78 is 23.9. The highest BCUT2D eigenvalue weighted by molar-refractivity contribution is 7.91. The van der Waals surface area contributed by atoms with E-state index in [-0.39, 0.29) is 11.5 Å². The third-order valence-corrected chi connectivity index (χ3v) is 6.71. The highest BCUT2D eigenvalue weighted by Gasteiger charge is 2.39. The van der Waals surface area contributed by atoms with E-state index in [0.29, 0.717) is 31.9 Å². The van der Waals surface area contributed by atoms with E-state index in [1.54, 1.807) is 0 Å². The molecule has 1 saturated heterocycles. The molecule has 6 N–H and O–H groups in total. The molecule has 0 aliphatic carbocycles. The molecule has 8 heteroatoms. The minimum Gasteiger partial charge on any atom is -0.399 e. The number of nitrogens with one attached hydrogen (secondary N) is 1. The summed E-state index contributed by atoms with van der Waals surface area (Å²) in [5.41, 5.74) is 15.0. The standard InChI is InChI=1S/C20H28N4O3S/c21-17-5-1-15(2-6-17)11-23-9-10-24(12-16-3-7-18(22)8-4-16)19-13-28(26,27)14-20(19)25/h1-8,19-20,23,25H,9-14,21-22H2/t19-,20+/m0/s1. The first kappa shape index (κ1) is 20.6. The fourth-order valence-corrected chi connectivity index (χ4v) is 5.30. The van der Waals surface area contributed by atoms with Crippen LogP contribution in [0.25, 0.3) is 0 Å². The predicted molar refractivity (Wildman–Crippen MR) is 112 cm³/mol. The summed E-state index contributed by atoms with van der Waals surface area (Å²) in [4.78, 5) is 2.04. The van der Waals surface area contributed by atoms with Gasteiger partial charge in [-0.3, -0.25) is 4.90 Å². The second-order valence-corrected chi connectivity index (χ2v) is 9.50. The molecule has 28 heavy (non-hydrogen) atoms. The number of nitrogen functional groups attached to an aromatic ring is 2. The van der Waals surface area contributed by atoms with Crippen molar-refractivity contribution in [1.82, 2.24) is 10.2 Å². The molecule has 1 aliphatic heterocycles. The summed E-state index contributed by atoms with van der Waals surface area (Å²) in [6, 6.07) is 14.8. The summed E-state index contributed by atoms with van der Waals surface area (Å²) in [6.07, 6.45) is -0.865. The van der Waals surface area contributed by atoms with Crippen LogP contribution in [0.3, 0.4) is 0 Å². The maximum atomic E-state index is 12.0. The molecule has 0 spiro atoms. The maximum Gasteiger partial charge on any atom is 0.154 e. The molecule has 2 atom stereocenters. The van der Waals surface area contributed by atoms with Crippen molar-refractivity contribution in [2.75, 3.05) is 36.1 Å². The topological polar surface area (TPSA) is 122 Å². The zero-order valence-electron chi connectivity index (χ0n) is 15.8. The van der Waals surface area contributed by atoms with Gasteiger partial charge in [-0.2, -0.15) is 0 Å². The summed E-state index contributed by atoms with van der Waals surface area (Å²) in [5.74, 6) is -0.185. The molecular formula is C20H28N4O3S. The average molecular weight is 405 g/mol. The Labute approximate surface area is 166 Å². The van der Waals surface area contributed by atoms with Crippen molar-refractivity contribution in [3.05, 3.63) is 59.7 Å². The van der Waals surface area contributed by atoms with Crippen LogP contribution in [0.4, 0.5) is 11.4 Å². The summed E-state index contributed by atoms with van der Waals surface area (Å²) >= 11 is 0. The Balaban J connectivity index is 1.62. The minimum atomic E-state index is -3.21. The number of rotatable bonds is 8. The van der Waals surface area contributed by atoms with Gasteiger partial charge < -0.3 is 21.9 Å². The molecule has 0 bridgehead atoms. The fourth-order valence-electron chi connectivity index (χ4n) is 3.47. The zero-order chi connectivity index (χ0) is 20.1. The first-order valence-corrected chi connectivity index (χ1v) is 11.2. The molecule has 0 aromatic heterocycles. The number of sulfone groups is 1. The number of benzene rings is 2. The van der Waals surface area contributed by atoms with Crippen LogP contribution in [0.5, 0.6) is 0 Å². The van der Waals surface area contributed by atoms with E-state index in [1.807, 2.05) is 53.4 Å². The molecule has 1 fully saturated rings. The molecule has 0 radical (unpaired) electrons. The maximum absolute atomic E-state index is 12.0. The SMILES string of the molecule is Nc1ccc(CNCCN(Cc2ccc(N)cc2)[C@H]2CS(=O)(=O)C[C@H]2O)cc1. The molecule has 2 aromatic carbocycles. The van der Waals surface area contributed by atoms with Gasteiger partial charge in [-0.15, -0.1) is 0 Å². The smallest absolute Gasteiger partial charge is 0.154 e. The molecule has 0 unspecified atom stereocenters. The Kier molecular flexibility index (Phi) is 6.56. The van der Waals surface area contributed by atoms with Crippen molar-refractivity contribution >= 4 is 21.2 Å². The van der Waals surface area contributed by atoms with Crippen molar-refractivity contribution in [3.63, 3.8) is 0 Å². The first-order valence-electron chi connectivity index (χ1n) is 9.34. The van der Waals surface area contributed by atoms with Crippen molar-refractivity contribution in [2.45, 2.75) is 25.2 Å². The van der Waals surface area contributed by atoms with E-state index in [4.69, 9.17) is 11.5 Å². The molecule has 152 valence electrons. The lowest BCUT2D eigenvalue weighted by atomic mass is 10.1. The van der Waals surface area contributed by atoms with E-state index >= 15 is 0 Å². The van der Waals surface area contributed by atoms with Gasteiger partial charge in [-0.25, -0.2) is 8.42 Å². The zero-order valence-corrected chi connectivity index (χ0v) is 16.6. The van der Waals surface area contributed by atoms with Crippen LogP contribution < -0.4 is 16.8 Å². The Morgan fingerprint density at radius 2 is 1.54 bits per heavy atom. The van der Waals surface area contributed by atoms with Crippen molar-refractivity contribution in [2.24, 2.45) is 0 Å². The number of hydrogen-bond donors (Lipinski definition) is 4. The largest absolute Gasteiger partial charge is 0.399 e. The molecule has 0 amide bonds. The van der Waals surface area contributed by atoms with Gasteiger partial charge in [0, 0.05) is 37.6 Å². The minimum absolute atomic E-state index is 0.0128. The summed E-state index contributed by atoms with van der Waals surface area (Å²) in [7, 11) is -3.21. The number of anilines is 2. The van der Waals surface area contributed by atoms with Crippen LogP contribution in [-0.2, 0) is 22.9 Å². The third kappa shape index (κ3) is 5.68. The average Bonchev–Trinajstić information content (AvgIpc) is 2.93. The number of nitrogens with zero attached hydrogens (tertiary/aromatic N) is 1. The fraction of sp³-hybridized carbons (Fsp3) is 0.400. The van der Waals surface area contributed by atoms with E-state index in [9.17, 15) is 13.5 Å². The van der Waals surface area contributed by atoms with Gasteiger partial charge >= 0.3 is 0 Å². The van der Waals surface area contributed by atoms with Crippen LogP contribution in [0.2, 0.25) is 0 Å². The van der Waals surface area contributed by atoms with E-state index in [1.165, 1.54) is 0 Å². The van der Waals surface area contributed by atoms with Crippen molar-refractivity contribution in [3.8, 4) is 0 Å². The molecule has 3 rings (SSSR count). The van der Waals surface area contributed by atoms with Gasteiger partial charge in [0.1, 0.15) is 0 Å². The number of hydrogen-bond acceptors (Lipinski definition) is 7. The van der Waals surface area contributed by atoms with Gasteiger partial charge in [0.05, 0.1) is 23.7 Å². The van der Waals surface area contributed by atoms with Gasteiger partial charge in [0.15, 0.2) is 9.84 Å². The van der Waals surface area contributed by atoms with Crippen LogP contribution in [0.1, 0.15) is 11.1 Å². The number of aliphatic hydroxyl groups excluding tert-OH is 1. The van der Waals surface area contributed by atoms with Gasteiger partial charge in [0.25, 0.3) is 0 Å². The van der Waals surface area contributed by atoms with E-state index in [2.05, 4.69) is 5.32 Å². The normalized spacial score (nSPS) is 21.2. The molecule has 1 aliphatic rings. The van der Waals surface area contributed by atoms with E-state index in [0.717, 1.165) is 16.8 Å². The lowest BCUT2D eigenvalue weighted by Gasteiger charge is -2.30. The number of nitrogens with two attached hydrogens (primary N) is 2. The molecule has 7 nitrogen and oxygen atoms in total. The monoisotopic (exact) mass is 404 g/mol. The van der Waals surface area contributed by atoms with Gasteiger partial charge in [-0.1, -0.05) is 24.3 Å². The van der Waals surface area contributed by atoms with Crippen LogP contribution in [0.15, 0.2) is 48.5 Å². The molecular weight excluding hydrogens is 376 g/mol. The molecule has 0 saturated carbocycles. The Hall–Kier alpha value is -2.13. The second kappa shape index (κ2) is 8.91. The van der Waals surface area contributed by atoms with Crippen molar-refractivity contribution < 1.29 is 13.5 Å². The Bertz CT molecular complexity index is 869. The Morgan fingerprint density at radius 1 is 0.964 bits per heavy atom. The van der Waals surface area contributed by atoms with Crippen LogP contribution >= 0.6 is 0 Å². The summed E-state index contributed by atoms with van der Waals surface area (Å²) in [6.45, 7) is 2.54. The predicted octanol–water partition coefficient (Wildman–Crippen LogP) is 0.601. The van der Waals surface area contributed by atoms with E-state index < -0.39 is 22.0 Å². The van der Waals surface area contributed by atoms with Gasteiger partial charge in [0.2, 0.25) is 0 Å². The molecule has 1 heterocycles. The van der Waals surface area contributed by atoms with Crippen LogP contribution in [0, 0.1) is 0 Å². The van der Waals surface area contributed by atoms with Crippen LogP contribution in [-0.4, -0.2) is 55.2 Å². The lowest BCUT2D eigenvalue weighted by molar-refractivity contribution is 0.0786. The second-order valence-electron chi connectivity index (χ2n) is 7.34. The third-order valence-electron chi connectivity index (χ3n) is 5.01. The van der Waals surface area contributed by atoms with Crippen molar-refractivity contribution in [1.29, 1.82) is 0 Å². The summed E-state index contributed by atoms with van der Waals surface area (Å²) in [5, 5.41) is 13.7. The van der Waals surface area contributed by atoms with Gasteiger partial charge in [-0.05, 0) is 35.4 Å². The quantitative estimate of drug-likeness (QED) is 0.375. The Morgan fingerprint density at radius 3 is 2.07 bits per heavy atom. The highest BCUT2D eigenvalue weighted by Crippen LogP contribution is 2.21. The lowest BCUT2D eigenvalue weighted by Crippen LogP contribution is -2.45. The first-order chi connectivity index (χ1) is 13.3. The highest BCUT2D eigenvalue weighted by atomic mass is 32.2.